The molecule has 0 radical (unpaired) electrons. The van der Waals surface area contributed by atoms with E-state index in [0.717, 1.165) is 11.6 Å². The van der Waals surface area contributed by atoms with Crippen molar-refractivity contribution in [2.45, 2.75) is 6.54 Å². The molecule has 0 aliphatic heterocycles. The summed E-state index contributed by atoms with van der Waals surface area (Å²) in [5, 5.41) is 0. The van der Waals surface area contributed by atoms with Crippen LogP contribution in [0.25, 0.3) is 0 Å². The number of rotatable bonds is 4. The number of furan rings is 1. The number of anilines is 2. The van der Waals surface area contributed by atoms with Crippen LogP contribution in [0.4, 0.5) is 11.8 Å². The van der Waals surface area contributed by atoms with E-state index in [1.165, 1.54) is 0 Å². The fourth-order valence-corrected chi connectivity index (χ4v) is 1.48. The first kappa shape index (κ1) is 11.4. The first-order valence-corrected chi connectivity index (χ1v) is 5.40. The standard InChI is InChI=1S/C12H16N4O/c1-15(2)12-13-7-6-11(14-12)16(3)9-10-5-4-8-17-10/h4-8H,9H2,1-3H3. The molecular weight excluding hydrogens is 216 g/mol. The predicted octanol–water partition coefficient (Wildman–Crippen LogP) is 1.77. The summed E-state index contributed by atoms with van der Waals surface area (Å²) in [7, 11) is 5.82. The molecule has 2 aromatic rings. The Kier molecular flexibility index (Phi) is 3.27. The number of hydrogen-bond donors (Lipinski definition) is 0. The maximum atomic E-state index is 5.31. The Bertz CT molecular complexity index is 467. The van der Waals surface area contributed by atoms with Gasteiger partial charge in [-0.1, -0.05) is 0 Å². The van der Waals surface area contributed by atoms with E-state index in [2.05, 4.69) is 9.97 Å². The van der Waals surface area contributed by atoms with Gasteiger partial charge in [-0.05, 0) is 18.2 Å². The normalized spacial score (nSPS) is 10.3. The summed E-state index contributed by atoms with van der Waals surface area (Å²) < 4.78 is 5.31. The van der Waals surface area contributed by atoms with Crippen LogP contribution in [0.3, 0.4) is 0 Å². The summed E-state index contributed by atoms with van der Waals surface area (Å²) in [6.45, 7) is 0.691. The van der Waals surface area contributed by atoms with Crippen LogP contribution in [0.2, 0.25) is 0 Å². The Hall–Kier alpha value is -2.04. The topological polar surface area (TPSA) is 45.4 Å². The van der Waals surface area contributed by atoms with Gasteiger partial charge in [0.1, 0.15) is 11.6 Å². The van der Waals surface area contributed by atoms with Crippen LogP contribution in [0.5, 0.6) is 0 Å². The van der Waals surface area contributed by atoms with Gasteiger partial charge >= 0.3 is 0 Å². The Morgan fingerprint density at radius 2 is 2.06 bits per heavy atom. The molecule has 0 unspecified atom stereocenters. The van der Waals surface area contributed by atoms with Gasteiger partial charge in [-0.25, -0.2) is 4.98 Å². The molecule has 0 N–H and O–H groups in total. The van der Waals surface area contributed by atoms with Crippen molar-refractivity contribution in [2.75, 3.05) is 30.9 Å². The maximum Gasteiger partial charge on any atom is 0.226 e. The molecule has 5 nitrogen and oxygen atoms in total. The van der Waals surface area contributed by atoms with Crippen LogP contribution in [-0.4, -0.2) is 31.1 Å². The first-order chi connectivity index (χ1) is 8.16. The molecule has 0 aromatic carbocycles. The smallest absolute Gasteiger partial charge is 0.226 e. The molecule has 0 atom stereocenters. The Balaban J connectivity index is 2.13. The lowest BCUT2D eigenvalue weighted by Gasteiger charge is -2.18. The lowest BCUT2D eigenvalue weighted by Crippen LogP contribution is -2.19. The Labute approximate surface area is 101 Å². The van der Waals surface area contributed by atoms with Crippen LogP contribution in [0.1, 0.15) is 5.76 Å². The zero-order chi connectivity index (χ0) is 12.3. The molecule has 0 aliphatic carbocycles. The maximum absolute atomic E-state index is 5.31. The molecular formula is C12H16N4O. The zero-order valence-electron chi connectivity index (χ0n) is 10.3. The van der Waals surface area contributed by atoms with Crippen LogP contribution in [0.15, 0.2) is 35.1 Å². The van der Waals surface area contributed by atoms with Gasteiger partial charge in [0, 0.05) is 27.3 Å². The van der Waals surface area contributed by atoms with Crippen LogP contribution in [-0.2, 0) is 6.54 Å². The highest BCUT2D eigenvalue weighted by molar-refractivity contribution is 5.42. The molecule has 0 aliphatic rings. The molecule has 2 heterocycles. The third-order valence-corrected chi connectivity index (χ3v) is 2.39. The molecule has 0 amide bonds. The lowest BCUT2D eigenvalue weighted by molar-refractivity contribution is 0.507. The van der Waals surface area contributed by atoms with Crippen LogP contribution >= 0.6 is 0 Å². The van der Waals surface area contributed by atoms with Crippen molar-refractivity contribution in [1.29, 1.82) is 0 Å². The SMILES string of the molecule is CN(C)c1nccc(N(C)Cc2ccco2)n1. The average Bonchev–Trinajstić information content (AvgIpc) is 2.82. The minimum absolute atomic E-state index is 0.691. The predicted molar refractivity (Wildman–Crippen MR) is 67.2 cm³/mol. The van der Waals surface area contributed by atoms with E-state index in [4.69, 9.17) is 4.42 Å². The Morgan fingerprint density at radius 3 is 2.71 bits per heavy atom. The first-order valence-electron chi connectivity index (χ1n) is 5.40. The number of aromatic nitrogens is 2. The van der Waals surface area contributed by atoms with E-state index >= 15 is 0 Å². The van der Waals surface area contributed by atoms with Crippen molar-refractivity contribution in [2.24, 2.45) is 0 Å². The number of hydrogen-bond acceptors (Lipinski definition) is 5. The Morgan fingerprint density at radius 1 is 1.24 bits per heavy atom. The monoisotopic (exact) mass is 232 g/mol. The summed E-state index contributed by atoms with van der Waals surface area (Å²) in [5.41, 5.74) is 0. The fourth-order valence-electron chi connectivity index (χ4n) is 1.48. The van der Waals surface area contributed by atoms with Crippen molar-refractivity contribution in [3.63, 3.8) is 0 Å². The van der Waals surface area contributed by atoms with Crippen molar-refractivity contribution in [3.8, 4) is 0 Å². The molecule has 0 spiro atoms. The molecule has 17 heavy (non-hydrogen) atoms. The van der Waals surface area contributed by atoms with Gasteiger partial charge in [0.05, 0.1) is 12.8 Å². The summed E-state index contributed by atoms with van der Waals surface area (Å²) in [5.74, 6) is 2.49. The molecule has 0 bridgehead atoms. The van der Waals surface area contributed by atoms with Gasteiger partial charge < -0.3 is 14.2 Å². The highest BCUT2D eigenvalue weighted by Gasteiger charge is 2.07. The molecule has 0 saturated heterocycles. The van der Waals surface area contributed by atoms with E-state index in [-0.39, 0.29) is 0 Å². The molecule has 2 rings (SSSR count). The number of nitrogens with zero attached hydrogens (tertiary/aromatic N) is 4. The summed E-state index contributed by atoms with van der Waals surface area (Å²) in [6.07, 6.45) is 3.44. The zero-order valence-corrected chi connectivity index (χ0v) is 10.3. The van der Waals surface area contributed by atoms with Crippen molar-refractivity contribution < 1.29 is 4.42 Å². The highest BCUT2D eigenvalue weighted by atomic mass is 16.3. The largest absolute Gasteiger partial charge is 0.467 e. The lowest BCUT2D eigenvalue weighted by atomic mass is 10.4. The third kappa shape index (κ3) is 2.75. The van der Waals surface area contributed by atoms with Gasteiger partial charge in [-0.2, -0.15) is 4.98 Å². The van der Waals surface area contributed by atoms with Gasteiger partial charge in [0.25, 0.3) is 0 Å². The van der Waals surface area contributed by atoms with Crippen LogP contribution < -0.4 is 9.80 Å². The minimum Gasteiger partial charge on any atom is -0.467 e. The van der Waals surface area contributed by atoms with E-state index in [1.807, 2.05) is 49.1 Å². The highest BCUT2D eigenvalue weighted by Crippen LogP contribution is 2.14. The quantitative estimate of drug-likeness (QED) is 0.804. The molecule has 0 fully saturated rings. The third-order valence-electron chi connectivity index (χ3n) is 2.39. The van der Waals surface area contributed by atoms with Gasteiger partial charge in [-0.15, -0.1) is 0 Å². The van der Waals surface area contributed by atoms with Crippen molar-refractivity contribution >= 4 is 11.8 Å². The van der Waals surface area contributed by atoms with E-state index in [9.17, 15) is 0 Å². The van der Waals surface area contributed by atoms with Crippen LogP contribution in [0, 0.1) is 0 Å². The second kappa shape index (κ2) is 4.86. The van der Waals surface area contributed by atoms with Gasteiger partial charge in [0.15, 0.2) is 0 Å². The molecule has 90 valence electrons. The molecule has 2 aromatic heterocycles. The second-order valence-corrected chi connectivity index (χ2v) is 4.04. The molecule has 0 saturated carbocycles. The van der Waals surface area contributed by atoms with Crippen molar-refractivity contribution in [1.82, 2.24) is 9.97 Å². The average molecular weight is 232 g/mol. The second-order valence-electron chi connectivity index (χ2n) is 4.04. The van der Waals surface area contributed by atoms with Crippen molar-refractivity contribution in [3.05, 3.63) is 36.4 Å². The summed E-state index contributed by atoms with van der Waals surface area (Å²) in [6, 6.07) is 5.72. The van der Waals surface area contributed by atoms with E-state index in [0.29, 0.717) is 12.5 Å². The summed E-state index contributed by atoms with van der Waals surface area (Å²) >= 11 is 0. The van der Waals surface area contributed by atoms with E-state index < -0.39 is 0 Å². The fraction of sp³-hybridized carbons (Fsp3) is 0.333. The van der Waals surface area contributed by atoms with Gasteiger partial charge in [0.2, 0.25) is 5.95 Å². The van der Waals surface area contributed by atoms with E-state index in [1.54, 1.807) is 12.5 Å². The molecule has 5 heteroatoms. The van der Waals surface area contributed by atoms with Gasteiger partial charge in [-0.3, -0.25) is 0 Å². The summed E-state index contributed by atoms with van der Waals surface area (Å²) in [4.78, 5) is 12.5. The minimum atomic E-state index is 0.691.